The zero-order valence-corrected chi connectivity index (χ0v) is 17.4. The average Bonchev–Trinajstić information content (AvgIpc) is 3.25. The highest BCUT2D eigenvalue weighted by Crippen LogP contribution is 2.38. The lowest BCUT2D eigenvalue weighted by Gasteiger charge is -2.28. The van der Waals surface area contributed by atoms with Gasteiger partial charge in [-0.2, -0.15) is 4.68 Å². The van der Waals surface area contributed by atoms with Gasteiger partial charge in [-0.15, -0.1) is 0 Å². The number of carbonyl (C=O) groups is 1. The zero-order chi connectivity index (χ0) is 22.8. The molecule has 164 valence electrons. The summed E-state index contributed by atoms with van der Waals surface area (Å²) in [5.41, 5.74) is 1.47. The number of nitrogens with one attached hydrogen (secondary N) is 2. The Labute approximate surface area is 182 Å². The van der Waals surface area contributed by atoms with E-state index in [4.69, 9.17) is 9.47 Å². The van der Waals surface area contributed by atoms with Crippen LogP contribution in [0, 0.1) is 10.1 Å². The number of amides is 1. The van der Waals surface area contributed by atoms with Gasteiger partial charge in [-0.1, -0.05) is 23.3 Å². The first-order chi connectivity index (χ1) is 15.4. The molecule has 4 rings (SSSR count). The monoisotopic (exact) mass is 437 g/mol. The summed E-state index contributed by atoms with van der Waals surface area (Å²) in [5, 5.41) is 29.0. The number of methoxy groups -OCH3 is 2. The fraction of sp³-hybridized carbons (Fsp3) is 0.200. The second-order valence-electron chi connectivity index (χ2n) is 6.86. The summed E-state index contributed by atoms with van der Waals surface area (Å²) >= 11 is 0. The van der Waals surface area contributed by atoms with Crippen LogP contribution in [0.4, 0.5) is 17.3 Å². The number of aromatic nitrogens is 4. The van der Waals surface area contributed by atoms with Crippen molar-refractivity contribution in [3.05, 3.63) is 69.4 Å². The van der Waals surface area contributed by atoms with Gasteiger partial charge in [0.25, 0.3) is 5.91 Å². The van der Waals surface area contributed by atoms with Gasteiger partial charge >= 0.3 is 5.69 Å². The van der Waals surface area contributed by atoms with Crippen molar-refractivity contribution in [3.63, 3.8) is 0 Å². The molecule has 0 fully saturated rings. The van der Waals surface area contributed by atoms with Gasteiger partial charge in [0.2, 0.25) is 5.95 Å². The SMILES string of the molecule is COc1ccccc1NC(=O)C1=C(C)Nc2nnnn2C1c1ccc(OC)c([N+](=O)[O-])c1. The maximum atomic E-state index is 13.4. The van der Waals surface area contributed by atoms with Crippen molar-refractivity contribution >= 4 is 23.2 Å². The van der Waals surface area contributed by atoms with Crippen molar-refractivity contribution in [2.24, 2.45) is 0 Å². The Kier molecular flexibility index (Phi) is 5.41. The third-order valence-corrected chi connectivity index (χ3v) is 5.03. The molecule has 2 N–H and O–H groups in total. The summed E-state index contributed by atoms with van der Waals surface area (Å²) in [5.74, 6) is 0.455. The van der Waals surface area contributed by atoms with Crippen molar-refractivity contribution in [2.45, 2.75) is 13.0 Å². The summed E-state index contributed by atoms with van der Waals surface area (Å²) in [7, 11) is 2.85. The van der Waals surface area contributed by atoms with E-state index < -0.39 is 16.9 Å². The first-order valence-corrected chi connectivity index (χ1v) is 9.47. The maximum Gasteiger partial charge on any atom is 0.311 e. The molecule has 12 heteroatoms. The van der Waals surface area contributed by atoms with E-state index in [0.717, 1.165) is 0 Å². The van der Waals surface area contributed by atoms with Crippen LogP contribution < -0.4 is 20.1 Å². The molecule has 1 aliphatic heterocycles. The van der Waals surface area contributed by atoms with Crippen LogP contribution in [-0.4, -0.2) is 45.3 Å². The summed E-state index contributed by atoms with van der Waals surface area (Å²) in [6.07, 6.45) is 0. The lowest BCUT2D eigenvalue weighted by Crippen LogP contribution is -2.31. The van der Waals surface area contributed by atoms with Crippen LogP contribution in [0.15, 0.2) is 53.7 Å². The molecule has 2 aromatic carbocycles. The molecular formula is C20H19N7O5. The molecule has 1 unspecified atom stereocenters. The van der Waals surface area contributed by atoms with Crippen LogP contribution in [0.2, 0.25) is 0 Å². The van der Waals surface area contributed by atoms with Crippen molar-refractivity contribution in [1.82, 2.24) is 20.2 Å². The Hall–Kier alpha value is -4.48. The summed E-state index contributed by atoms with van der Waals surface area (Å²) in [4.78, 5) is 24.4. The molecule has 0 saturated carbocycles. The quantitative estimate of drug-likeness (QED) is 0.438. The largest absolute Gasteiger partial charge is 0.495 e. The fourth-order valence-corrected chi connectivity index (χ4v) is 3.57. The predicted octanol–water partition coefficient (Wildman–Crippen LogP) is 2.53. The molecule has 2 heterocycles. The first kappa shape index (κ1) is 20.8. The number of nitro groups is 1. The standard InChI is InChI=1S/C20H19N7O5/c1-11-17(19(28)22-13-6-4-5-7-15(13)31-2)18(26-20(21-11)23-24-25-26)12-8-9-16(32-3)14(10-12)27(29)30/h4-10,18H,1-3H3,(H,22,28)(H,21,23,25). The van der Waals surface area contributed by atoms with Gasteiger partial charge in [0.05, 0.1) is 30.4 Å². The molecule has 32 heavy (non-hydrogen) atoms. The molecule has 0 aliphatic carbocycles. The maximum absolute atomic E-state index is 13.4. The fourth-order valence-electron chi connectivity index (χ4n) is 3.57. The van der Waals surface area contributed by atoms with E-state index in [1.807, 2.05) is 0 Å². The number of ether oxygens (including phenoxy) is 2. The number of nitro benzene ring substituents is 1. The third-order valence-electron chi connectivity index (χ3n) is 5.03. The molecule has 0 bridgehead atoms. The van der Waals surface area contributed by atoms with E-state index in [2.05, 4.69) is 26.2 Å². The molecule has 1 aliphatic rings. The molecule has 3 aromatic rings. The number of hydrogen-bond acceptors (Lipinski definition) is 9. The lowest BCUT2D eigenvalue weighted by molar-refractivity contribution is -0.385. The minimum absolute atomic E-state index is 0.102. The molecule has 0 spiro atoms. The topological polar surface area (TPSA) is 146 Å². The van der Waals surface area contributed by atoms with E-state index >= 15 is 0 Å². The van der Waals surface area contributed by atoms with Crippen LogP contribution in [0.25, 0.3) is 0 Å². The van der Waals surface area contributed by atoms with E-state index in [-0.39, 0.29) is 17.0 Å². The van der Waals surface area contributed by atoms with Gasteiger partial charge < -0.3 is 20.1 Å². The minimum Gasteiger partial charge on any atom is -0.495 e. The number of nitrogens with zero attached hydrogens (tertiary/aromatic N) is 5. The van der Waals surface area contributed by atoms with Crippen molar-refractivity contribution in [2.75, 3.05) is 24.9 Å². The van der Waals surface area contributed by atoms with Crippen LogP contribution in [-0.2, 0) is 4.79 Å². The predicted molar refractivity (Wildman–Crippen MR) is 114 cm³/mol. The summed E-state index contributed by atoms with van der Waals surface area (Å²) < 4.78 is 11.8. The van der Waals surface area contributed by atoms with Gasteiger partial charge in [0.1, 0.15) is 11.8 Å². The highest BCUT2D eigenvalue weighted by atomic mass is 16.6. The molecule has 1 aromatic heterocycles. The van der Waals surface area contributed by atoms with Crippen LogP contribution in [0.5, 0.6) is 11.5 Å². The lowest BCUT2D eigenvalue weighted by atomic mass is 9.94. The Morgan fingerprint density at radius 3 is 2.66 bits per heavy atom. The summed E-state index contributed by atoms with van der Waals surface area (Å²) in [6.45, 7) is 1.71. The van der Waals surface area contributed by atoms with Crippen LogP contribution in [0.3, 0.4) is 0 Å². The van der Waals surface area contributed by atoms with Crippen LogP contribution >= 0.6 is 0 Å². The average molecular weight is 437 g/mol. The van der Waals surface area contributed by atoms with Crippen LogP contribution in [0.1, 0.15) is 18.5 Å². The molecule has 12 nitrogen and oxygen atoms in total. The number of benzene rings is 2. The number of tetrazole rings is 1. The highest BCUT2D eigenvalue weighted by Gasteiger charge is 2.35. The smallest absolute Gasteiger partial charge is 0.311 e. The van der Waals surface area contributed by atoms with E-state index in [0.29, 0.717) is 28.6 Å². The Bertz CT molecular complexity index is 1240. The first-order valence-electron chi connectivity index (χ1n) is 9.47. The number of carbonyl (C=O) groups excluding carboxylic acids is 1. The van der Waals surface area contributed by atoms with Crippen molar-refractivity contribution in [1.29, 1.82) is 0 Å². The molecule has 1 atom stereocenters. The number of hydrogen-bond donors (Lipinski definition) is 2. The number of allylic oxidation sites excluding steroid dienone is 1. The van der Waals surface area contributed by atoms with Gasteiger partial charge in [-0.25, -0.2) is 0 Å². The van der Waals surface area contributed by atoms with E-state index in [1.165, 1.54) is 31.0 Å². The molecule has 0 radical (unpaired) electrons. The minimum atomic E-state index is -0.819. The number of anilines is 2. The number of para-hydroxylation sites is 2. The summed E-state index contributed by atoms with van der Waals surface area (Å²) in [6, 6.07) is 10.6. The van der Waals surface area contributed by atoms with Gasteiger partial charge in [0.15, 0.2) is 5.75 Å². The third kappa shape index (κ3) is 3.57. The van der Waals surface area contributed by atoms with E-state index in [1.54, 1.807) is 37.3 Å². The number of fused-ring (bicyclic) bond motifs is 1. The Morgan fingerprint density at radius 2 is 1.94 bits per heavy atom. The second-order valence-corrected chi connectivity index (χ2v) is 6.86. The normalized spacial score (nSPS) is 14.9. The van der Waals surface area contributed by atoms with Gasteiger partial charge in [0, 0.05) is 11.8 Å². The van der Waals surface area contributed by atoms with Gasteiger partial charge in [-0.05, 0) is 41.1 Å². The molecular weight excluding hydrogens is 418 g/mol. The van der Waals surface area contributed by atoms with E-state index in [9.17, 15) is 14.9 Å². The zero-order valence-electron chi connectivity index (χ0n) is 17.4. The highest BCUT2D eigenvalue weighted by molar-refractivity contribution is 6.06. The van der Waals surface area contributed by atoms with Crippen molar-refractivity contribution in [3.8, 4) is 11.5 Å². The molecule has 0 saturated heterocycles. The second kappa shape index (κ2) is 8.34. The van der Waals surface area contributed by atoms with Gasteiger partial charge in [-0.3, -0.25) is 14.9 Å². The Balaban J connectivity index is 1.81. The number of rotatable bonds is 6. The Morgan fingerprint density at radius 1 is 1.19 bits per heavy atom. The molecule has 1 amide bonds. The van der Waals surface area contributed by atoms with Crippen molar-refractivity contribution < 1.29 is 19.2 Å².